The Bertz CT molecular complexity index is 121. The van der Waals surface area contributed by atoms with Gasteiger partial charge in [0.15, 0.2) is 0 Å². The molecule has 1 aliphatic rings. The van der Waals surface area contributed by atoms with E-state index >= 15 is 0 Å². The van der Waals surface area contributed by atoms with E-state index in [1.165, 1.54) is 19.3 Å². The molecule has 1 aliphatic heterocycles. The van der Waals surface area contributed by atoms with Crippen LogP contribution in [0, 0.1) is 0 Å². The maximum absolute atomic E-state index is 11.0. The highest BCUT2D eigenvalue weighted by atomic mass is 79.9. The van der Waals surface area contributed by atoms with Crippen molar-refractivity contribution in [1.29, 1.82) is 0 Å². The van der Waals surface area contributed by atoms with E-state index < -0.39 is 0 Å². The second-order valence-corrected chi connectivity index (χ2v) is 3.14. The lowest BCUT2D eigenvalue weighted by Gasteiger charge is -2.25. The first kappa shape index (κ1) is 8.05. The number of carbonyl (C=O) groups is 1. The molecule has 0 unspecified atom stereocenters. The highest BCUT2D eigenvalue weighted by Gasteiger charge is 2.14. The molecule has 1 amide bonds. The number of amides is 1. The molecule has 3 heteroatoms. The Kier molecular flexibility index (Phi) is 3.19. The number of hydrogen-bond donors (Lipinski definition) is 0. The molecule has 1 rings (SSSR count). The average Bonchev–Trinajstić information content (AvgIpc) is 2.05. The van der Waals surface area contributed by atoms with Crippen LogP contribution in [-0.4, -0.2) is 29.2 Å². The van der Waals surface area contributed by atoms with Gasteiger partial charge < -0.3 is 4.90 Å². The van der Waals surface area contributed by atoms with Crippen molar-refractivity contribution >= 4 is 21.8 Å². The zero-order chi connectivity index (χ0) is 7.40. The van der Waals surface area contributed by atoms with Gasteiger partial charge in [-0.3, -0.25) is 4.79 Å². The number of rotatable bonds is 1. The Morgan fingerprint density at radius 2 is 1.90 bits per heavy atom. The number of likely N-dealkylation sites (tertiary alicyclic amines) is 1. The van der Waals surface area contributed by atoms with Crippen LogP contribution in [0.25, 0.3) is 0 Å². The van der Waals surface area contributed by atoms with Crippen LogP contribution in [0.1, 0.15) is 19.3 Å². The van der Waals surface area contributed by atoms with Crippen molar-refractivity contribution < 1.29 is 4.79 Å². The fourth-order valence-electron chi connectivity index (χ4n) is 1.23. The first-order chi connectivity index (χ1) is 4.84. The summed E-state index contributed by atoms with van der Waals surface area (Å²) in [7, 11) is 0. The number of piperidine rings is 1. The number of carbonyl (C=O) groups excluding carboxylic acids is 1. The Balaban J connectivity index is 2.31. The van der Waals surface area contributed by atoms with Crippen molar-refractivity contribution in [3.05, 3.63) is 0 Å². The topological polar surface area (TPSA) is 20.3 Å². The van der Waals surface area contributed by atoms with E-state index in [1.807, 2.05) is 4.90 Å². The minimum absolute atomic E-state index is 0.236. The average molecular weight is 206 g/mol. The van der Waals surface area contributed by atoms with Crippen molar-refractivity contribution in [2.75, 3.05) is 18.4 Å². The minimum atomic E-state index is 0.236. The highest BCUT2D eigenvalue weighted by Crippen LogP contribution is 2.08. The van der Waals surface area contributed by atoms with E-state index in [0.717, 1.165) is 13.1 Å². The Morgan fingerprint density at radius 1 is 1.30 bits per heavy atom. The first-order valence-electron chi connectivity index (χ1n) is 3.68. The minimum Gasteiger partial charge on any atom is -0.342 e. The molecule has 1 saturated heterocycles. The maximum atomic E-state index is 11.0. The van der Waals surface area contributed by atoms with Gasteiger partial charge in [0, 0.05) is 13.1 Å². The smallest absolute Gasteiger partial charge is 0.233 e. The Labute approximate surface area is 69.7 Å². The lowest BCUT2D eigenvalue weighted by molar-refractivity contribution is -0.129. The molecule has 1 heterocycles. The summed E-state index contributed by atoms with van der Waals surface area (Å²) < 4.78 is 0. The molecule has 0 aliphatic carbocycles. The molecule has 58 valence electrons. The predicted molar refractivity (Wildman–Crippen MR) is 44.2 cm³/mol. The van der Waals surface area contributed by atoms with Crippen molar-refractivity contribution in [2.24, 2.45) is 0 Å². The van der Waals surface area contributed by atoms with Crippen LogP contribution in [0.5, 0.6) is 0 Å². The number of nitrogens with zero attached hydrogens (tertiary/aromatic N) is 1. The van der Waals surface area contributed by atoms with Crippen LogP contribution in [0.4, 0.5) is 0 Å². The molecule has 0 spiro atoms. The van der Waals surface area contributed by atoms with Crippen molar-refractivity contribution in [3.63, 3.8) is 0 Å². The van der Waals surface area contributed by atoms with Crippen molar-refractivity contribution in [1.82, 2.24) is 4.90 Å². The largest absolute Gasteiger partial charge is 0.342 e. The summed E-state index contributed by atoms with van der Waals surface area (Å²) in [6.45, 7) is 1.93. The summed E-state index contributed by atoms with van der Waals surface area (Å²) in [4.78, 5) is 13.0. The molecular formula is C7H12BrNO. The van der Waals surface area contributed by atoms with Gasteiger partial charge in [-0.25, -0.2) is 0 Å². The van der Waals surface area contributed by atoms with E-state index in [4.69, 9.17) is 0 Å². The molecule has 0 bridgehead atoms. The highest BCUT2D eigenvalue weighted by molar-refractivity contribution is 9.09. The molecule has 0 saturated carbocycles. The lowest BCUT2D eigenvalue weighted by atomic mass is 10.1. The second-order valence-electron chi connectivity index (χ2n) is 2.58. The van der Waals surface area contributed by atoms with Gasteiger partial charge in [-0.1, -0.05) is 15.9 Å². The second kappa shape index (κ2) is 3.96. The van der Waals surface area contributed by atoms with Gasteiger partial charge in [-0.05, 0) is 19.3 Å². The molecular weight excluding hydrogens is 194 g/mol. The summed E-state index contributed by atoms with van der Waals surface area (Å²) in [5.41, 5.74) is 0. The molecule has 0 radical (unpaired) electrons. The summed E-state index contributed by atoms with van der Waals surface area (Å²) in [6.07, 6.45) is 3.64. The summed E-state index contributed by atoms with van der Waals surface area (Å²) >= 11 is 3.16. The van der Waals surface area contributed by atoms with Gasteiger partial charge in [0.2, 0.25) is 5.91 Å². The standard InChI is InChI=1S/C7H12BrNO/c8-6-7(10)9-4-2-1-3-5-9/h1-6H2. The SMILES string of the molecule is O=C(CBr)N1CCCCC1. The third-order valence-corrected chi connectivity index (χ3v) is 2.30. The molecule has 0 N–H and O–H groups in total. The summed E-state index contributed by atoms with van der Waals surface area (Å²) in [6, 6.07) is 0. The van der Waals surface area contributed by atoms with E-state index in [-0.39, 0.29) is 5.91 Å². The summed E-state index contributed by atoms with van der Waals surface area (Å²) in [5.74, 6) is 0.236. The Hall–Kier alpha value is -0.0500. The number of hydrogen-bond acceptors (Lipinski definition) is 1. The van der Waals surface area contributed by atoms with Gasteiger partial charge in [0.1, 0.15) is 0 Å². The molecule has 0 atom stereocenters. The van der Waals surface area contributed by atoms with Gasteiger partial charge in [0.25, 0.3) is 0 Å². The number of alkyl halides is 1. The molecule has 10 heavy (non-hydrogen) atoms. The van der Waals surface area contributed by atoms with Gasteiger partial charge in [-0.2, -0.15) is 0 Å². The maximum Gasteiger partial charge on any atom is 0.233 e. The fraction of sp³-hybridized carbons (Fsp3) is 0.857. The summed E-state index contributed by atoms with van der Waals surface area (Å²) in [5, 5.41) is 0.479. The fourth-order valence-corrected chi connectivity index (χ4v) is 1.58. The monoisotopic (exact) mass is 205 g/mol. The van der Waals surface area contributed by atoms with Crippen LogP contribution in [0.2, 0.25) is 0 Å². The normalized spacial score (nSPS) is 19.1. The van der Waals surface area contributed by atoms with E-state index in [9.17, 15) is 4.79 Å². The van der Waals surface area contributed by atoms with Crippen LogP contribution >= 0.6 is 15.9 Å². The number of halogens is 1. The quantitative estimate of drug-likeness (QED) is 0.593. The first-order valence-corrected chi connectivity index (χ1v) is 4.80. The van der Waals surface area contributed by atoms with Crippen LogP contribution < -0.4 is 0 Å². The predicted octanol–water partition coefficient (Wildman–Crippen LogP) is 1.39. The Morgan fingerprint density at radius 3 is 2.40 bits per heavy atom. The van der Waals surface area contributed by atoms with E-state index in [2.05, 4.69) is 15.9 Å². The van der Waals surface area contributed by atoms with E-state index in [0.29, 0.717) is 5.33 Å². The molecule has 0 aromatic heterocycles. The van der Waals surface area contributed by atoms with Crippen LogP contribution in [0.3, 0.4) is 0 Å². The molecule has 2 nitrogen and oxygen atoms in total. The van der Waals surface area contributed by atoms with Gasteiger partial charge in [0.05, 0.1) is 5.33 Å². The van der Waals surface area contributed by atoms with Crippen LogP contribution in [-0.2, 0) is 4.79 Å². The van der Waals surface area contributed by atoms with E-state index in [1.54, 1.807) is 0 Å². The zero-order valence-corrected chi connectivity index (χ0v) is 7.56. The third-order valence-electron chi connectivity index (χ3n) is 1.82. The van der Waals surface area contributed by atoms with Gasteiger partial charge >= 0.3 is 0 Å². The van der Waals surface area contributed by atoms with Crippen LogP contribution in [0.15, 0.2) is 0 Å². The van der Waals surface area contributed by atoms with Crippen molar-refractivity contribution in [3.8, 4) is 0 Å². The lowest BCUT2D eigenvalue weighted by Crippen LogP contribution is -2.36. The third kappa shape index (κ3) is 1.97. The molecule has 0 aromatic carbocycles. The molecule has 1 fully saturated rings. The molecule has 0 aromatic rings. The zero-order valence-electron chi connectivity index (χ0n) is 5.98. The van der Waals surface area contributed by atoms with Crippen molar-refractivity contribution in [2.45, 2.75) is 19.3 Å². The van der Waals surface area contributed by atoms with Gasteiger partial charge in [-0.15, -0.1) is 0 Å².